The maximum absolute atomic E-state index is 12.5. The average Bonchev–Trinajstić information content (AvgIpc) is 3.29. The van der Waals surface area contributed by atoms with Gasteiger partial charge in [-0.1, -0.05) is 11.8 Å². The number of carbonyl (C=O) groups excluding carboxylic acids is 3. The number of carboxylic acids is 1. The van der Waals surface area contributed by atoms with Gasteiger partial charge in [-0.15, -0.1) is 5.10 Å². The molecule has 3 fully saturated rings. The second kappa shape index (κ2) is 6.97. The average molecular weight is 435 g/mol. The Morgan fingerprint density at radius 3 is 2.87 bits per heavy atom. The van der Waals surface area contributed by atoms with Crippen LogP contribution in [0, 0.1) is 0 Å². The maximum atomic E-state index is 12.5. The molecule has 2 N–H and O–H groups in total. The summed E-state index contributed by atoms with van der Waals surface area (Å²) < 4.78 is 7.20. The van der Waals surface area contributed by atoms with Gasteiger partial charge in [0.2, 0.25) is 17.5 Å². The van der Waals surface area contributed by atoms with Crippen molar-refractivity contribution in [1.29, 1.82) is 0 Å². The van der Waals surface area contributed by atoms with Crippen LogP contribution in [0.3, 0.4) is 0 Å². The lowest BCUT2D eigenvalue weighted by molar-refractivity contribution is -0.162. The number of aromatic nitrogens is 4. The number of hydrogen-bond donors (Lipinski definition) is 2. The smallest absolute Gasteiger partial charge is 0.356 e. The lowest BCUT2D eigenvalue weighted by Crippen LogP contribution is -2.70. The van der Waals surface area contributed by atoms with E-state index in [0.29, 0.717) is 11.6 Å². The van der Waals surface area contributed by atoms with Crippen LogP contribution in [-0.2, 0) is 30.5 Å². The molecule has 3 aliphatic heterocycles. The van der Waals surface area contributed by atoms with Gasteiger partial charge < -0.3 is 20.1 Å². The van der Waals surface area contributed by atoms with Crippen molar-refractivity contribution in [2.24, 2.45) is 0 Å². The molecule has 0 unspecified atom stereocenters. The molecule has 1 aromatic rings. The standard InChI is InChI=1S/C16H17N7O6S/c24-6-21-3-8-11-13(21)14(26)23(11)12(15(27)28)9(29-8)5-30-16-18-19-20-22(16)4-10(25)17-7-1-2-7/h6-8,11,13H,1-5H2,(H,17,25)(H,27,28)/t8-,11-,13+/m1/s1. The molecule has 14 heteroatoms. The number of rotatable bonds is 8. The topological polar surface area (TPSA) is 160 Å². The first kappa shape index (κ1) is 18.8. The van der Waals surface area contributed by atoms with Gasteiger partial charge in [0.25, 0.3) is 5.91 Å². The van der Waals surface area contributed by atoms with Crippen LogP contribution in [0.4, 0.5) is 0 Å². The zero-order chi connectivity index (χ0) is 21.0. The Hall–Kier alpha value is -3.16. The predicted octanol–water partition coefficient (Wildman–Crippen LogP) is -2.21. The van der Waals surface area contributed by atoms with E-state index in [2.05, 4.69) is 20.8 Å². The molecule has 13 nitrogen and oxygen atoms in total. The minimum Gasteiger partial charge on any atom is -0.487 e. The van der Waals surface area contributed by atoms with Crippen LogP contribution in [0.15, 0.2) is 16.6 Å². The number of carboxylic acid groups (broad SMARTS) is 1. The molecule has 1 saturated carbocycles. The van der Waals surface area contributed by atoms with E-state index in [4.69, 9.17) is 4.74 Å². The third kappa shape index (κ3) is 2.98. The number of hydrogen-bond acceptors (Lipinski definition) is 9. The molecule has 0 spiro atoms. The summed E-state index contributed by atoms with van der Waals surface area (Å²) in [5, 5.41) is 24.1. The molecule has 3 amide bonds. The van der Waals surface area contributed by atoms with Crippen molar-refractivity contribution in [3.63, 3.8) is 0 Å². The molecule has 30 heavy (non-hydrogen) atoms. The van der Waals surface area contributed by atoms with Crippen molar-refractivity contribution in [2.45, 2.75) is 48.8 Å². The number of amides is 3. The Bertz CT molecular complexity index is 975. The lowest BCUT2D eigenvalue weighted by atomic mass is 9.91. The van der Waals surface area contributed by atoms with Gasteiger partial charge in [-0.25, -0.2) is 9.48 Å². The highest BCUT2D eigenvalue weighted by atomic mass is 32.2. The first-order valence-corrected chi connectivity index (χ1v) is 10.3. The fraction of sp³-hybridized carbons (Fsp3) is 0.562. The molecule has 1 aliphatic carbocycles. The number of aliphatic carboxylic acids is 1. The van der Waals surface area contributed by atoms with Crippen LogP contribution in [0.2, 0.25) is 0 Å². The van der Waals surface area contributed by atoms with Crippen LogP contribution in [0.1, 0.15) is 12.8 Å². The Balaban J connectivity index is 1.32. The van der Waals surface area contributed by atoms with Crippen LogP contribution < -0.4 is 5.32 Å². The molecule has 158 valence electrons. The van der Waals surface area contributed by atoms with Crippen molar-refractivity contribution >= 4 is 36.0 Å². The number of likely N-dealkylation sites (tertiary alicyclic amines) is 1. The van der Waals surface area contributed by atoms with Gasteiger partial charge in [0, 0.05) is 6.04 Å². The van der Waals surface area contributed by atoms with Gasteiger partial charge in [0.05, 0.1) is 12.3 Å². The monoisotopic (exact) mass is 435 g/mol. The van der Waals surface area contributed by atoms with Gasteiger partial charge >= 0.3 is 5.97 Å². The molecular weight excluding hydrogens is 418 g/mol. The first-order valence-electron chi connectivity index (χ1n) is 9.33. The normalized spacial score (nSPS) is 26.8. The number of thioether (sulfide) groups is 1. The first-order chi connectivity index (χ1) is 14.5. The number of nitrogens with zero attached hydrogens (tertiary/aromatic N) is 6. The fourth-order valence-corrected chi connectivity index (χ4v) is 4.78. The highest BCUT2D eigenvalue weighted by Gasteiger charge is 2.64. The van der Waals surface area contributed by atoms with Crippen LogP contribution >= 0.6 is 11.8 Å². The van der Waals surface area contributed by atoms with Crippen molar-refractivity contribution in [3.05, 3.63) is 11.5 Å². The predicted molar refractivity (Wildman–Crippen MR) is 96.4 cm³/mol. The van der Waals surface area contributed by atoms with E-state index in [1.54, 1.807) is 0 Å². The van der Waals surface area contributed by atoms with E-state index in [1.807, 2.05) is 0 Å². The number of carbonyl (C=O) groups is 4. The number of nitrogens with one attached hydrogen (secondary N) is 1. The summed E-state index contributed by atoms with van der Waals surface area (Å²) in [6, 6.07) is -0.945. The summed E-state index contributed by atoms with van der Waals surface area (Å²) in [6.07, 6.45) is 2.02. The zero-order valence-corrected chi connectivity index (χ0v) is 16.3. The molecular formula is C16H17N7O6S. The van der Waals surface area contributed by atoms with Crippen LogP contribution in [-0.4, -0.2) is 95.8 Å². The Labute approximate surface area is 173 Å². The summed E-state index contributed by atoms with van der Waals surface area (Å²) >= 11 is 1.10. The molecule has 5 rings (SSSR count). The summed E-state index contributed by atoms with van der Waals surface area (Å²) in [4.78, 5) is 50.1. The summed E-state index contributed by atoms with van der Waals surface area (Å²) in [6.45, 7) is 0.157. The van der Waals surface area contributed by atoms with Crippen LogP contribution in [0.5, 0.6) is 0 Å². The lowest BCUT2D eigenvalue weighted by Gasteiger charge is -2.48. The van der Waals surface area contributed by atoms with E-state index >= 15 is 0 Å². The van der Waals surface area contributed by atoms with E-state index in [1.165, 1.54) is 14.5 Å². The molecule has 0 aromatic carbocycles. The molecule has 0 radical (unpaired) electrons. The van der Waals surface area contributed by atoms with E-state index < -0.39 is 30.1 Å². The van der Waals surface area contributed by atoms with Crippen molar-refractivity contribution in [3.8, 4) is 0 Å². The summed E-state index contributed by atoms with van der Waals surface area (Å²) in [7, 11) is 0. The van der Waals surface area contributed by atoms with E-state index in [-0.39, 0.29) is 42.2 Å². The van der Waals surface area contributed by atoms with Crippen molar-refractivity contribution < 1.29 is 29.0 Å². The van der Waals surface area contributed by atoms with Crippen molar-refractivity contribution in [2.75, 3.05) is 12.3 Å². The van der Waals surface area contributed by atoms with E-state index in [9.17, 15) is 24.3 Å². The van der Waals surface area contributed by atoms with Crippen molar-refractivity contribution in [1.82, 2.24) is 35.3 Å². The molecule has 4 aliphatic rings. The quantitative estimate of drug-likeness (QED) is 0.260. The maximum Gasteiger partial charge on any atom is 0.356 e. The second-order valence-corrected chi connectivity index (χ2v) is 8.37. The fourth-order valence-electron chi connectivity index (χ4n) is 3.97. The van der Waals surface area contributed by atoms with Gasteiger partial charge in [-0.2, -0.15) is 0 Å². The Morgan fingerprint density at radius 1 is 1.37 bits per heavy atom. The highest BCUT2D eigenvalue weighted by molar-refractivity contribution is 7.99. The summed E-state index contributed by atoms with van der Waals surface area (Å²) in [5.41, 5.74) is -0.233. The molecule has 4 heterocycles. The molecule has 1 aromatic heterocycles. The van der Waals surface area contributed by atoms with Gasteiger partial charge in [0.1, 0.15) is 30.5 Å². The van der Waals surface area contributed by atoms with Gasteiger partial charge in [-0.05, 0) is 23.3 Å². The SMILES string of the molecule is O=CN1C[C@H]2OC(CSc3nnnn3CC(=O)NC3CC3)=C(C(=O)O)N3C(=O)[C@@H]1[C@@H]23. The minimum atomic E-state index is -1.29. The third-order valence-electron chi connectivity index (χ3n) is 5.44. The highest BCUT2D eigenvalue weighted by Crippen LogP contribution is 2.43. The van der Waals surface area contributed by atoms with Gasteiger partial charge in [0.15, 0.2) is 5.70 Å². The number of ether oxygens (including phenoxy) is 1. The molecule has 0 bridgehead atoms. The molecule has 2 saturated heterocycles. The van der Waals surface area contributed by atoms with Crippen LogP contribution in [0.25, 0.3) is 0 Å². The largest absolute Gasteiger partial charge is 0.487 e. The molecule has 3 atom stereocenters. The number of tetrazole rings is 1. The number of β-lactam (4-membered cyclic amide) rings is 1. The Morgan fingerprint density at radius 2 is 2.17 bits per heavy atom. The Kier molecular flexibility index (Phi) is 4.38. The minimum absolute atomic E-state index is 0.0466. The van der Waals surface area contributed by atoms with Gasteiger partial charge in [-0.3, -0.25) is 19.3 Å². The third-order valence-corrected chi connectivity index (χ3v) is 6.40. The summed E-state index contributed by atoms with van der Waals surface area (Å²) in [5.74, 6) is -1.77. The van der Waals surface area contributed by atoms with E-state index in [0.717, 1.165) is 24.6 Å². The second-order valence-electron chi connectivity index (χ2n) is 7.43. The zero-order valence-electron chi connectivity index (χ0n) is 15.5.